The predicted molar refractivity (Wildman–Crippen MR) is 151 cm³/mol. The molecule has 0 saturated carbocycles. The monoisotopic (exact) mass is 548 g/mol. The summed E-state index contributed by atoms with van der Waals surface area (Å²) in [6.07, 6.45) is 1.56. The molecule has 1 atom stereocenters. The van der Waals surface area contributed by atoms with Gasteiger partial charge in [0, 0.05) is 50.9 Å². The van der Waals surface area contributed by atoms with Gasteiger partial charge in [-0.25, -0.2) is 0 Å². The van der Waals surface area contributed by atoms with Crippen LogP contribution in [0.4, 0.5) is 5.69 Å². The van der Waals surface area contributed by atoms with E-state index in [1.165, 1.54) is 0 Å². The number of ketones is 1. The normalized spacial score (nSPS) is 18.8. The molecule has 1 aliphatic heterocycles. The number of nitrogens with one attached hydrogen (secondary N) is 1. The van der Waals surface area contributed by atoms with Crippen molar-refractivity contribution in [1.29, 1.82) is 5.41 Å². The number of benzene rings is 3. The van der Waals surface area contributed by atoms with Gasteiger partial charge in [0.2, 0.25) is 0 Å². The first kappa shape index (κ1) is 25.9. The van der Waals surface area contributed by atoms with Crippen LogP contribution in [0.1, 0.15) is 36.3 Å². The molecule has 6 nitrogen and oxygen atoms in total. The molecular formula is C30H26Cl2N2O4. The molecule has 0 amide bonds. The lowest BCUT2D eigenvalue weighted by atomic mass is 9.73. The quantitative estimate of drug-likeness (QED) is 0.321. The van der Waals surface area contributed by atoms with Crippen molar-refractivity contribution in [3.8, 4) is 11.5 Å². The highest BCUT2D eigenvalue weighted by Gasteiger charge is 2.44. The minimum absolute atomic E-state index is 0.0161. The van der Waals surface area contributed by atoms with E-state index in [1.54, 1.807) is 67.7 Å². The zero-order chi connectivity index (χ0) is 27.0. The molecule has 8 heteroatoms. The number of aliphatic hydroxyl groups excluding tert-OH is 1. The Hall–Kier alpha value is -3.74. The second kappa shape index (κ2) is 10.6. The number of halogens is 2. The SMILES string of the molecule is COc1ccc(OC)c(N2C(=N)/C(=C(/O)c3ccccc3)C(c3ccc(Cl)cc3Cl)C3=C2CCCC3=O)c1. The highest BCUT2D eigenvalue weighted by atomic mass is 35.5. The average molecular weight is 549 g/mol. The fourth-order valence-electron chi connectivity index (χ4n) is 5.23. The first-order valence-corrected chi connectivity index (χ1v) is 12.9. The van der Waals surface area contributed by atoms with E-state index < -0.39 is 5.92 Å². The van der Waals surface area contributed by atoms with E-state index in [0.29, 0.717) is 68.9 Å². The molecule has 0 aromatic heterocycles. The Labute approximate surface area is 231 Å². The summed E-state index contributed by atoms with van der Waals surface area (Å²) in [5, 5.41) is 22.0. The van der Waals surface area contributed by atoms with Gasteiger partial charge in [-0.2, -0.15) is 0 Å². The van der Waals surface area contributed by atoms with Gasteiger partial charge in [-0.05, 0) is 42.7 Å². The summed E-state index contributed by atoms with van der Waals surface area (Å²) in [7, 11) is 3.11. The van der Waals surface area contributed by atoms with Gasteiger partial charge in [0.1, 0.15) is 23.1 Å². The number of carbonyl (C=O) groups excluding carboxylic acids is 1. The van der Waals surface area contributed by atoms with Crippen molar-refractivity contribution in [2.75, 3.05) is 19.1 Å². The number of carbonyl (C=O) groups is 1. The van der Waals surface area contributed by atoms with Crippen LogP contribution in [0, 0.1) is 5.41 Å². The summed E-state index contributed by atoms with van der Waals surface area (Å²) in [4.78, 5) is 15.4. The van der Waals surface area contributed by atoms with E-state index in [2.05, 4.69) is 0 Å². The summed E-state index contributed by atoms with van der Waals surface area (Å²) >= 11 is 12.9. The molecule has 38 heavy (non-hydrogen) atoms. The first-order valence-electron chi connectivity index (χ1n) is 12.2. The third kappa shape index (κ3) is 4.44. The van der Waals surface area contributed by atoms with Crippen LogP contribution < -0.4 is 14.4 Å². The molecule has 5 rings (SSSR count). The molecule has 2 aliphatic rings. The van der Waals surface area contributed by atoms with Crippen LogP contribution in [-0.2, 0) is 4.79 Å². The number of allylic oxidation sites excluding steroid dienone is 2. The van der Waals surface area contributed by atoms with Crippen molar-refractivity contribution < 1.29 is 19.4 Å². The second-order valence-electron chi connectivity index (χ2n) is 9.09. The summed E-state index contributed by atoms with van der Waals surface area (Å²) in [6, 6.07) is 19.4. The second-order valence-corrected chi connectivity index (χ2v) is 9.93. The molecule has 0 saturated heterocycles. The van der Waals surface area contributed by atoms with E-state index in [0.717, 1.165) is 0 Å². The minimum Gasteiger partial charge on any atom is -0.507 e. The van der Waals surface area contributed by atoms with Crippen molar-refractivity contribution in [2.24, 2.45) is 0 Å². The smallest absolute Gasteiger partial charge is 0.161 e. The Morgan fingerprint density at radius 1 is 1.00 bits per heavy atom. The number of ether oxygens (including phenoxy) is 2. The lowest BCUT2D eigenvalue weighted by molar-refractivity contribution is -0.116. The Balaban J connectivity index is 1.87. The molecule has 1 heterocycles. The van der Waals surface area contributed by atoms with Crippen LogP contribution in [0.15, 0.2) is 83.6 Å². The largest absolute Gasteiger partial charge is 0.507 e. The van der Waals surface area contributed by atoms with Gasteiger partial charge in [0.25, 0.3) is 0 Å². The molecule has 0 spiro atoms. The molecule has 3 aromatic carbocycles. The molecular weight excluding hydrogens is 523 g/mol. The zero-order valence-corrected chi connectivity index (χ0v) is 22.4. The number of aliphatic hydroxyl groups is 1. The van der Waals surface area contributed by atoms with Crippen molar-refractivity contribution in [2.45, 2.75) is 25.2 Å². The van der Waals surface area contributed by atoms with E-state index in [-0.39, 0.29) is 23.0 Å². The third-order valence-corrected chi connectivity index (χ3v) is 7.52. The van der Waals surface area contributed by atoms with Crippen LogP contribution in [-0.4, -0.2) is 30.9 Å². The lowest BCUT2D eigenvalue weighted by Gasteiger charge is -2.42. The van der Waals surface area contributed by atoms with Crippen molar-refractivity contribution in [3.63, 3.8) is 0 Å². The summed E-state index contributed by atoms with van der Waals surface area (Å²) < 4.78 is 11.1. The van der Waals surface area contributed by atoms with Gasteiger partial charge in [-0.15, -0.1) is 0 Å². The minimum atomic E-state index is -0.761. The Morgan fingerprint density at radius 3 is 2.45 bits per heavy atom. The Bertz CT molecular complexity index is 1500. The maximum atomic E-state index is 13.7. The standard InChI is InChI=1S/C30H26Cl2N2O4/c1-37-19-12-14-25(38-2)23(16-19)34-22-9-6-10-24(35)27(22)26(20-13-11-18(31)15-21(20)32)28(30(34)33)29(36)17-7-4-3-5-8-17/h3-5,7-8,11-16,26,33,36H,6,9-10H2,1-2H3/b29-28+,33-30?. The Morgan fingerprint density at radius 2 is 1.76 bits per heavy atom. The van der Waals surface area contributed by atoms with Gasteiger partial charge in [-0.1, -0.05) is 59.6 Å². The first-order chi connectivity index (χ1) is 18.3. The molecule has 1 unspecified atom stereocenters. The topological polar surface area (TPSA) is 82.8 Å². The maximum absolute atomic E-state index is 13.7. The highest BCUT2D eigenvalue weighted by Crippen LogP contribution is 2.51. The van der Waals surface area contributed by atoms with Gasteiger partial charge in [0.15, 0.2) is 5.78 Å². The van der Waals surface area contributed by atoms with E-state index >= 15 is 0 Å². The number of methoxy groups -OCH3 is 2. The fraction of sp³-hybridized carbons (Fsp3) is 0.200. The lowest BCUT2D eigenvalue weighted by Crippen LogP contribution is -2.42. The van der Waals surface area contributed by atoms with E-state index in [4.69, 9.17) is 32.7 Å². The van der Waals surface area contributed by atoms with Crippen molar-refractivity contribution >= 4 is 46.3 Å². The van der Waals surface area contributed by atoms with Crippen LogP contribution >= 0.6 is 23.2 Å². The number of amidine groups is 1. The van der Waals surface area contributed by atoms with Gasteiger partial charge >= 0.3 is 0 Å². The average Bonchev–Trinajstić information content (AvgIpc) is 2.92. The predicted octanol–water partition coefficient (Wildman–Crippen LogP) is 7.57. The molecule has 0 fully saturated rings. The summed E-state index contributed by atoms with van der Waals surface area (Å²) in [5.74, 6) is 0.161. The summed E-state index contributed by atoms with van der Waals surface area (Å²) in [6.45, 7) is 0. The van der Waals surface area contributed by atoms with Crippen LogP contribution in [0.2, 0.25) is 10.0 Å². The highest BCUT2D eigenvalue weighted by molar-refractivity contribution is 6.35. The molecule has 2 N–H and O–H groups in total. The maximum Gasteiger partial charge on any atom is 0.161 e. The third-order valence-electron chi connectivity index (χ3n) is 6.96. The number of hydrogen-bond acceptors (Lipinski definition) is 5. The van der Waals surface area contributed by atoms with E-state index in [1.807, 2.05) is 18.2 Å². The van der Waals surface area contributed by atoms with Crippen molar-refractivity contribution in [1.82, 2.24) is 0 Å². The number of Topliss-reactive ketones (excluding diaryl/α,β-unsaturated/α-hetero) is 1. The number of nitrogens with zero attached hydrogens (tertiary/aromatic N) is 1. The van der Waals surface area contributed by atoms with Crippen LogP contribution in [0.3, 0.4) is 0 Å². The molecule has 194 valence electrons. The zero-order valence-electron chi connectivity index (χ0n) is 20.9. The summed E-state index contributed by atoms with van der Waals surface area (Å²) in [5.41, 5.74) is 3.10. The van der Waals surface area contributed by atoms with Crippen LogP contribution in [0.25, 0.3) is 5.76 Å². The molecule has 0 bridgehead atoms. The molecule has 1 aliphatic carbocycles. The molecule has 3 aromatic rings. The molecule has 0 radical (unpaired) electrons. The Kier molecular flexibility index (Phi) is 7.19. The van der Waals surface area contributed by atoms with Gasteiger partial charge < -0.3 is 14.6 Å². The van der Waals surface area contributed by atoms with Gasteiger partial charge in [-0.3, -0.25) is 15.1 Å². The number of hydrogen-bond donors (Lipinski definition) is 2. The van der Waals surface area contributed by atoms with Crippen molar-refractivity contribution in [3.05, 3.63) is 105 Å². The fourth-order valence-corrected chi connectivity index (χ4v) is 5.74. The number of rotatable bonds is 5. The number of anilines is 1. The van der Waals surface area contributed by atoms with Gasteiger partial charge in [0.05, 0.1) is 19.9 Å². The van der Waals surface area contributed by atoms with E-state index in [9.17, 15) is 15.3 Å². The van der Waals surface area contributed by atoms with Crippen LogP contribution in [0.5, 0.6) is 11.5 Å².